The number of carbonyl (C=O) groups is 3. The van der Waals surface area contributed by atoms with Crippen LogP contribution in [0.5, 0.6) is 0 Å². The van der Waals surface area contributed by atoms with Crippen LogP contribution in [-0.4, -0.2) is 105 Å². The Morgan fingerprint density at radius 2 is 1.92 bits per heavy atom. The molecular weight excluding hydrogens is 462 g/mol. The van der Waals surface area contributed by atoms with E-state index in [1.165, 1.54) is 0 Å². The van der Waals surface area contributed by atoms with Crippen LogP contribution in [0.2, 0.25) is 0 Å². The Labute approximate surface area is 212 Å². The van der Waals surface area contributed by atoms with Crippen LogP contribution in [0.25, 0.3) is 0 Å². The Hall–Kier alpha value is -2.53. The molecule has 0 aromatic heterocycles. The molecule has 1 aromatic rings. The minimum absolute atomic E-state index is 0.0277. The molecule has 4 N–H and O–H groups in total. The number of methoxy groups -OCH3 is 1. The maximum Gasteiger partial charge on any atom is 0.249 e. The van der Waals surface area contributed by atoms with E-state index in [-0.39, 0.29) is 30.8 Å². The first kappa shape index (κ1) is 26.5. The number of carbonyl (C=O) groups excluding carboxylic acids is 3. The molecule has 3 fully saturated rings. The van der Waals surface area contributed by atoms with Crippen LogP contribution in [0.3, 0.4) is 0 Å². The van der Waals surface area contributed by atoms with Crippen molar-refractivity contribution in [1.82, 2.24) is 9.80 Å². The lowest BCUT2D eigenvalue weighted by molar-refractivity contribution is -0.138. The average Bonchev–Trinajstić information content (AvgIpc) is 3.40. The second-order valence-electron chi connectivity index (χ2n) is 10.5. The summed E-state index contributed by atoms with van der Waals surface area (Å²) in [5, 5.41) is 0. The van der Waals surface area contributed by atoms with Crippen molar-refractivity contribution >= 4 is 23.3 Å². The number of fused-ring (bicyclic) bond motifs is 1. The van der Waals surface area contributed by atoms with Gasteiger partial charge in [0.2, 0.25) is 11.8 Å². The summed E-state index contributed by atoms with van der Waals surface area (Å²) in [5.41, 5.74) is 13.9. The molecule has 3 saturated heterocycles. The van der Waals surface area contributed by atoms with Gasteiger partial charge in [-0.1, -0.05) is 13.8 Å². The molecular formula is C26H39N5O5. The highest BCUT2D eigenvalue weighted by Crippen LogP contribution is 2.36. The van der Waals surface area contributed by atoms with E-state index in [0.29, 0.717) is 24.2 Å². The fraction of sp³-hybridized carbons (Fsp3) is 0.654. The molecule has 0 bridgehead atoms. The second kappa shape index (κ2) is 11.2. The predicted molar refractivity (Wildman–Crippen MR) is 136 cm³/mol. The minimum Gasteiger partial charge on any atom is -0.383 e. The molecule has 0 unspecified atom stereocenters. The Kier molecular flexibility index (Phi) is 8.29. The highest BCUT2D eigenvalue weighted by Gasteiger charge is 2.52. The first-order valence-corrected chi connectivity index (χ1v) is 12.8. The van der Waals surface area contributed by atoms with Crippen LogP contribution in [0.4, 0.5) is 5.69 Å². The number of Topliss-reactive ketones (excluding diaryl/α,β-unsaturated/α-hetero) is 1. The van der Waals surface area contributed by atoms with Crippen LogP contribution in [0.1, 0.15) is 42.1 Å². The van der Waals surface area contributed by atoms with E-state index >= 15 is 0 Å². The number of hydrogen-bond acceptors (Lipinski definition) is 8. The van der Waals surface area contributed by atoms with Crippen molar-refractivity contribution in [2.24, 2.45) is 17.4 Å². The average molecular weight is 502 g/mol. The molecule has 0 spiro atoms. The number of hydrogen-bond donors (Lipinski definition) is 2. The van der Waals surface area contributed by atoms with E-state index in [4.69, 9.17) is 20.9 Å². The lowest BCUT2D eigenvalue weighted by atomic mass is 9.85. The number of anilines is 1. The molecule has 10 heteroatoms. The van der Waals surface area contributed by atoms with Gasteiger partial charge in [-0.15, -0.1) is 0 Å². The Bertz CT molecular complexity index is 977. The van der Waals surface area contributed by atoms with Crippen molar-refractivity contribution in [3.63, 3.8) is 0 Å². The zero-order valence-electron chi connectivity index (χ0n) is 21.5. The van der Waals surface area contributed by atoms with Crippen LogP contribution in [-0.2, 0) is 19.1 Å². The molecule has 36 heavy (non-hydrogen) atoms. The van der Waals surface area contributed by atoms with E-state index in [1.807, 2.05) is 26.0 Å². The number of ketones is 1. The number of nitrogens with two attached hydrogens (primary N) is 2. The van der Waals surface area contributed by atoms with Crippen molar-refractivity contribution in [3.05, 3.63) is 29.3 Å². The molecule has 0 radical (unpaired) electrons. The summed E-state index contributed by atoms with van der Waals surface area (Å²) in [4.78, 5) is 45.2. The van der Waals surface area contributed by atoms with Gasteiger partial charge in [0, 0.05) is 57.6 Å². The van der Waals surface area contributed by atoms with Gasteiger partial charge in [0.25, 0.3) is 0 Å². The van der Waals surface area contributed by atoms with Crippen molar-refractivity contribution < 1.29 is 23.9 Å². The summed E-state index contributed by atoms with van der Waals surface area (Å²) >= 11 is 0. The van der Waals surface area contributed by atoms with Crippen molar-refractivity contribution in [2.75, 3.05) is 64.5 Å². The smallest absolute Gasteiger partial charge is 0.249 e. The molecule has 4 rings (SSSR count). The van der Waals surface area contributed by atoms with Gasteiger partial charge in [0.15, 0.2) is 5.78 Å². The third-order valence-corrected chi connectivity index (χ3v) is 7.54. The maximum absolute atomic E-state index is 14.0. The fourth-order valence-corrected chi connectivity index (χ4v) is 5.66. The van der Waals surface area contributed by atoms with Gasteiger partial charge < -0.3 is 30.7 Å². The van der Waals surface area contributed by atoms with E-state index in [2.05, 4.69) is 9.80 Å². The second-order valence-corrected chi connectivity index (χ2v) is 10.5. The van der Waals surface area contributed by atoms with Crippen molar-refractivity contribution in [1.29, 1.82) is 0 Å². The molecule has 0 saturated carbocycles. The number of primary amides is 1. The Balaban J connectivity index is 1.63. The standard InChI is InChI=1S/C26H39N5O5/c1-16(2)12-20(26(34)31-14-21(27)24-23(31)22(32)15-36-24)19-13-17(4-5-18(19)25(28)33)30-8-6-29(7-9-30)10-11-35-3/h4-5,13,16,20-21,23-24H,6-12,14-15,27H2,1-3H3,(H2,28,33)/t20-,21+,23+,24+/m0/s1. The summed E-state index contributed by atoms with van der Waals surface area (Å²) in [7, 11) is 1.71. The highest BCUT2D eigenvalue weighted by molar-refractivity contribution is 5.99. The molecule has 0 aliphatic carbocycles. The van der Waals surface area contributed by atoms with Crippen LogP contribution >= 0.6 is 0 Å². The zero-order chi connectivity index (χ0) is 26.0. The molecule has 1 aromatic carbocycles. The molecule has 198 valence electrons. The molecule has 3 aliphatic heterocycles. The normalized spacial score (nSPS) is 25.5. The van der Waals surface area contributed by atoms with Gasteiger partial charge in [0.1, 0.15) is 18.8 Å². The lowest BCUT2D eigenvalue weighted by Crippen LogP contribution is -2.47. The SMILES string of the molecule is COCCN1CCN(c2ccc(C(N)=O)c([C@H](CC(C)C)C(=O)N3C[C@@H](N)[C@H]4OCC(=O)[C@H]43)c2)CC1. The third kappa shape index (κ3) is 5.41. The van der Waals surface area contributed by atoms with Crippen LogP contribution in [0.15, 0.2) is 18.2 Å². The summed E-state index contributed by atoms with van der Waals surface area (Å²) in [5.74, 6) is -1.34. The molecule has 4 atom stereocenters. The first-order valence-electron chi connectivity index (χ1n) is 12.8. The van der Waals surface area contributed by atoms with Gasteiger partial charge in [0.05, 0.1) is 18.6 Å². The predicted octanol–water partition coefficient (Wildman–Crippen LogP) is 0.190. The maximum atomic E-state index is 14.0. The number of benzene rings is 1. The minimum atomic E-state index is -0.664. The van der Waals surface area contributed by atoms with Gasteiger partial charge in [-0.05, 0) is 36.1 Å². The van der Waals surface area contributed by atoms with E-state index in [1.54, 1.807) is 18.1 Å². The van der Waals surface area contributed by atoms with E-state index in [0.717, 1.165) is 38.4 Å². The number of piperazine rings is 1. The van der Waals surface area contributed by atoms with Crippen LogP contribution < -0.4 is 16.4 Å². The number of nitrogens with zero attached hydrogens (tertiary/aromatic N) is 3. The van der Waals surface area contributed by atoms with Crippen LogP contribution in [0, 0.1) is 5.92 Å². The number of amides is 2. The van der Waals surface area contributed by atoms with Crippen molar-refractivity contribution in [2.45, 2.75) is 44.4 Å². The summed E-state index contributed by atoms with van der Waals surface area (Å²) in [6.07, 6.45) is 0.0448. The Morgan fingerprint density at radius 1 is 1.19 bits per heavy atom. The summed E-state index contributed by atoms with van der Waals surface area (Å²) in [6, 6.07) is 4.49. The molecule has 10 nitrogen and oxygen atoms in total. The fourth-order valence-electron chi connectivity index (χ4n) is 5.66. The third-order valence-electron chi connectivity index (χ3n) is 7.54. The van der Waals surface area contributed by atoms with Gasteiger partial charge in [-0.25, -0.2) is 0 Å². The number of rotatable bonds is 9. The first-order chi connectivity index (χ1) is 17.2. The molecule has 3 aliphatic rings. The Morgan fingerprint density at radius 3 is 2.56 bits per heavy atom. The monoisotopic (exact) mass is 501 g/mol. The van der Waals surface area contributed by atoms with E-state index < -0.39 is 30.0 Å². The number of ether oxygens (including phenoxy) is 2. The van der Waals surface area contributed by atoms with Gasteiger partial charge in [-0.3, -0.25) is 19.3 Å². The quantitative estimate of drug-likeness (QED) is 0.490. The summed E-state index contributed by atoms with van der Waals surface area (Å²) in [6.45, 7) is 9.37. The molecule has 2 amide bonds. The van der Waals surface area contributed by atoms with Gasteiger partial charge in [-0.2, -0.15) is 0 Å². The van der Waals surface area contributed by atoms with E-state index in [9.17, 15) is 14.4 Å². The summed E-state index contributed by atoms with van der Waals surface area (Å²) < 4.78 is 10.8. The highest BCUT2D eigenvalue weighted by atomic mass is 16.5. The molecule has 3 heterocycles. The lowest BCUT2D eigenvalue weighted by Gasteiger charge is -2.36. The van der Waals surface area contributed by atoms with Gasteiger partial charge >= 0.3 is 0 Å². The number of likely N-dealkylation sites (tertiary alicyclic amines) is 1. The topological polar surface area (TPSA) is 131 Å². The largest absolute Gasteiger partial charge is 0.383 e. The van der Waals surface area contributed by atoms with Crippen molar-refractivity contribution in [3.8, 4) is 0 Å². The zero-order valence-corrected chi connectivity index (χ0v) is 21.5.